The summed E-state index contributed by atoms with van der Waals surface area (Å²) in [7, 11) is -1.07. The van der Waals surface area contributed by atoms with Gasteiger partial charge in [-0.3, -0.25) is 4.21 Å². The highest BCUT2D eigenvalue weighted by Crippen LogP contribution is 2.39. The molecule has 1 aliphatic heterocycles. The smallest absolute Gasteiger partial charge is 0.123 e. The van der Waals surface area contributed by atoms with Crippen LogP contribution in [0.15, 0.2) is 58.3 Å². The van der Waals surface area contributed by atoms with Gasteiger partial charge in [0.1, 0.15) is 5.82 Å². The molecular weight excluding hydrogens is 279 g/mol. The summed E-state index contributed by atoms with van der Waals surface area (Å²) >= 11 is 1.82. The molecule has 3 rings (SSSR count). The molecule has 0 bridgehead atoms. The summed E-state index contributed by atoms with van der Waals surface area (Å²) in [4.78, 5) is 2.00. The number of benzene rings is 2. The summed E-state index contributed by atoms with van der Waals surface area (Å²) in [6.45, 7) is 0. The minimum absolute atomic E-state index is 0.289. The normalized spacial score (nSPS) is 19.1. The fourth-order valence-electron chi connectivity index (χ4n) is 2.23. The second-order valence-corrected chi connectivity index (χ2v) is 7.07. The summed E-state index contributed by atoms with van der Waals surface area (Å²) in [6, 6.07) is 14.2. The van der Waals surface area contributed by atoms with Crippen LogP contribution in [0, 0.1) is 5.82 Å². The maximum Gasteiger partial charge on any atom is 0.123 e. The van der Waals surface area contributed by atoms with Crippen molar-refractivity contribution in [3.8, 4) is 0 Å². The van der Waals surface area contributed by atoms with E-state index in [1.807, 2.05) is 23.9 Å². The number of fused-ring (bicyclic) bond motifs is 1. The standard InChI is InChI=1S/C15H13FOS2/c16-12-5-7-13(8-6-12)19(17)10-11-9-18-15-4-2-1-3-14(11)15/h1-8,11H,9-10H2. The minimum atomic E-state index is -1.07. The molecule has 98 valence electrons. The Labute approximate surface area is 118 Å². The maximum absolute atomic E-state index is 12.8. The van der Waals surface area contributed by atoms with Gasteiger partial charge in [0.2, 0.25) is 0 Å². The van der Waals surface area contributed by atoms with Crippen LogP contribution in [-0.4, -0.2) is 15.7 Å². The summed E-state index contributed by atoms with van der Waals surface area (Å²) in [5.41, 5.74) is 1.29. The first-order valence-corrected chi connectivity index (χ1v) is 8.40. The molecule has 4 heteroatoms. The van der Waals surface area contributed by atoms with Crippen LogP contribution in [0.25, 0.3) is 0 Å². The molecule has 19 heavy (non-hydrogen) atoms. The Morgan fingerprint density at radius 2 is 1.89 bits per heavy atom. The van der Waals surface area contributed by atoms with Crippen LogP contribution >= 0.6 is 11.8 Å². The van der Waals surface area contributed by atoms with E-state index in [-0.39, 0.29) is 5.82 Å². The van der Waals surface area contributed by atoms with Crippen LogP contribution < -0.4 is 0 Å². The molecule has 0 fully saturated rings. The molecule has 0 saturated carbocycles. The van der Waals surface area contributed by atoms with E-state index in [9.17, 15) is 8.60 Å². The van der Waals surface area contributed by atoms with Gasteiger partial charge in [0.15, 0.2) is 0 Å². The van der Waals surface area contributed by atoms with Crippen LogP contribution in [-0.2, 0) is 10.8 Å². The van der Waals surface area contributed by atoms with Gasteiger partial charge >= 0.3 is 0 Å². The predicted octanol–water partition coefficient (Wildman–Crippen LogP) is 3.82. The van der Waals surface area contributed by atoms with Crippen LogP contribution in [0.4, 0.5) is 4.39 Å². The van der Waals surface area contributed by atoms with Gasteiger partial charge < -0.3 is 0 Å². The lowest BCUT2D eigenvalue weighted by molar-refractivity contribution is 0.626. The molecule has 0 aromatic heterocycles. The summed E-state index contributed by atoms with van der Waals surface area (Å²) in [6.07, 6.45) is 0. The first-order chi connectivity index (χ1) is 9.24. The highest BCUT2D eigenvalue weighted by atomic mass is 32.2. The van der Waals surface area contributed by atoms with Crippen molar-refractivity contribution in [1.29, 1.82) is 0 Å². The van der Waals surface area contributed by atoms with E-state index in [2.05, 4.69) is 12.1 Å². The van der Waals surface area contributed by atoms with Gasteiger partial charge in [-0.15, -0.1) is 11.8 Å². The van der Waals surface area contributed by atoms with Gasteiger partial charge in [-0.1, -0.05) is 18.2 Å². The van der Waals surface area contributed by atoms with E-state index in [0.29, 0.717) is 16.6 Å². The Hall–Kier alpha value is -1.13. The van der Waals surface area contributed by atoms with Crippen LogP contribution in [0.3, 0.4) is 0 Å². The lowest BCUT2D eigenvalue weighted by atomic mass is 10.0. The van der Waals surface area contributed by atoms with Gasteiger partial charge in [-0.05, 0) is 35.9 Å². The monoisotopic (exact) mass is 292 g/mol. The van der Waals surface area contributed by atoms with Crippen molar-refractivity contribution in [2.24, 2.45) is 0 Å². The van der Waals surface area contributed by atoms with Crippen LogP contribution in [0.5, 0.6) is 0 Å². The molecular formula is C15H13FOS2. The third-order valence-electron chi connectivity index (χ3n) is 3.23. The van der Waals surface area contributed by atoms with E-state index < -0.39 is 10.8 Å². The Kier molecular flexibility index (Phi) is 3.71. The average molecular weight is 292 g/mol. The summed E-state index contributed by atoms with van der Waals surface area (Å²) < 4.78 is 25.2. The second-order valence-electron chi connectivity index (χ2n) is 4.51. The number of thioether (sulfide) groups is 1. The van der Waals surface area contributed by atoms with Crippen molar-refractivity contribution in [3.63, 3.8) is 0 Å². The largest absolute Gasteiger partial charge is 0.254 e. The molecule has 1 heterocycles. The fourth-order valence-corrected chi connectivity index (χ4v) is 4.93. The molecule has 2 unspecified atom stereocenters. The third-order valence-corrected chi connectivity index (χ3v) is 5.98. The Morgan fingerprint density at radius 1 is 1.16 bits per heavy atom. The zero-order valence-electron chi connectivity index (χ0n) is 10.2. The van der Waals surface area contributed by atoms with Gasteiger partial charge in [0, 0.05) is 27.2 Å². The van der Waals surface area contributed by atoms with Gasteiger partial charge in [-0.2, -0.15) is 0 Å². The van der Waals surface area contributed by atoms with Gasteiger partial charge in [0.25, 0.3) is 0 Å². The van der Waals surface area contributed by atoms with Gasteiger partial charge in [0.05, 0.1) is 10.8 Å². The number of halogens is 1. The molecule has 0 N–H and O–H groups in total. The molecule has 0 amide bonds. The molecule has 0 aliphatic carbocycles. The molecule has 0 saturated heterocycles. The lowest BCUT2D eigenvalue weighted by Crippen LogP contribution is -2.09. The van der Waals surface area contributed by atoms with Crippen LogP contribution in [0.1, 0.15) is 11.5 Å². The number of hydrogen-bond donors (Lipinski definition) is 0. The molecule has 2 aromatic carbocycles. The SMILES string of the molecule is O=S(CC1CSc2ccccc21)c1ccc(F)cc1. The van der Waals surface area contributed by atoms with Crippen molar-refractivity contribution in [2.75, 3.05) is 11.5 Å². The zero-order valence-corrected chi connectivity index (χ0v) is 11.8. The van der Waals surface area contributed by atoms with Crippen molar-refractivity contribution < 1.29 is 8.60 Å². The quantitative estimate of drug-likeness (QED) is 0.855. The van der Waals surface area contributed by atoms with Crippen LogP contribution in [0.2, 0.25) is 0 Å². The molecule has 1 nitrogen and oxygen atoms in total. The van der Waals surface area contributed by atoms with E-state index >= 15 is 0 Å². The molecule has 0 spiro atoms. The van der Waals surface area contributed by atoms with Gasteiger partial charge in [-0.25, -0.2) is 4.39 Å². The van der Waals surface area contributed by atoms with E-state index in [0.717, 1.165) is 5.75 Å². The Balaban J connectivity index is 1.76. The highest BCUT2D eigenvalue weighted by molar-refractivity contribution is 7.99. The topological polar surface area (TPSA) is 17.1 Å². The maximum atomic E-state index is 12.8. The summed E-state index contributed by atoms with van der Waals surface area (Å²) in [5, 5.41) is 0. The average Bonchev–Trinajstić information content (AvgIpc) is 2.83. The molecule has 2 aromatic rings. The molecule has 1 aliphatic rings. The first-order valence-electron chi connectivity index (χ1n) is 6.10. The van der Waals surface area contributed by atoms with Crippen molar-refractivity contribution in [3.05, 3.63) is 59.9 Å². The Morgan fingerprint density at radius 3 is 2.68 bits per heavy atom. The summed E-state index contributed by atoms with van der Waals surface area (Å²) in [5.74, 6) is 1.62. The van der Waals surface area contributed by atoms with E-state index in [1.54, 1.807) is 12.1 Å². The lowest BCUT2D eigenvalue weighted by Gasteiger charge is -2.10. The fraction of sp³-hybridized carbons (Fsp3) is 0.200. The zero-order chi connectivity index (χ0) is 13.2. The minimum Gasteiger partial charge on any atom is -0.254 e. The molecule has 0 radical (unpaired) electrons. The van der Waals surface area contributed by atoms with Crippen molar-refractivity contribution >= 4 is 22.6 Å². The Bertz CT molecular complexity index is 610. The number of hydrogen-bond acceptors (Lipinski definition) is 2. The predicted molar refractivity (Wildman–Crippen MR) is 77.6 cm³/mol. The van der Waals surface area contributed by atoms with Crippen molar-refractivity contribution in [2.45, 2.75) is 15.7 Å². The second kappa shape index (κ2) is 5.47. The van der Waals surface area contributed by atoms with Crippen molar-refractivity contribution in [1.82, 2.24) is 0 Å². The number of rotatable bonds is 3. The third kappa shape index (κ3) is 2.74. The van der Waals surface area contributed by atoms with E-state index in [4.69, 9.17) is 0 Å². The first kappa shape index (κ1) is 12.9. The molecule has 2 atom stereocenters. The van der Waals surface area contributed by atoms with E-state index in [1.165, 1.54) is 22.6 Å². The highest BCUT2D eigenvalue weighted by Gasteiger charge is 2.24.